The molecule has 0 spiro atoms. The van der Waals surface area contributed by atoms with Gasteiger partial charge in [0.1, 0.15) is 0 Å². The molecule has 0 N–H and O–H groups in total. The first-order valence-electron chi connectivity index (χ1n) is 8.70. The molecule has 1 aliphatic rings. The van der Waals surface area contributed by atoms with E-state index in [2.05, 4.69) is 47.1 Å². The fourth-order valence-corrected chi connectivity index (χ4v) is 3.33. The number of ketones is 1. The number of aryl methyl sites for hydroxylation is 1. The molecule has 128 valence electrons. The molecule has 3 rings (SSSR count). The first-order valence-corrected chi connectivity index (χ1v) is 8.70. The van der Waals surface area contributed by atoms with Crippen molar-refractivity contribution in [2.45, 2.75) is 20.3 Å². The van der Waals surface area contributed by atoms with Crippen LogP contribution in [-0.4, -0.2) is 32.0 Å². The minimum Gasteiger partial charge on any atom is -0.370 e. The van der Waals surface area contributed by atoms with E-state index in [0.717, 1.165) is 38.3 Å². The first kappa shape index (κ1) is 17.0. The van der Waals surface area contributed by atoms with Crippen LogP contribution in [0.2, 0.25) is 0 Å². The van der Waals surface area contributed by atoms with Crippen molar-refractivity contribution in [1.29, 1.82) is 5.26 Å². The van der Waals surface area contributed by atoms with Crippen molar-refractivity contribution in [1.82, 2.24) is 0 Å². The Hall–Kier alpha value is -2.80. The molecule has 25 heavy (non-hydrogen) atoms. The maximum Gasteiger partial charge on any atom is 0.161 e. The van der Waals surface area contributed by atoms with Gasteiger partial charge in [0.2, 0.25) is 0 Å². The molecular formula is C21H23N3O. The highest BCUT2D eigenvalue weighted by atomic mass is 16.1. The van der Waals surface area contributed by atoms with Crippen LogP contribution in [0.25, 0.3) is 0 Å². The summed E-state index contributed by atoms with van der Waals surface area (Å²) in [5.74, 6) is 0.0409. The molecule has 0 atom stereocenters. The number of carbonyl (C=O) groups excluding carboxylic acids is 1. The lowest BCUT2D eigenvalue weighted by molar-refractivity contribution is 0.101. The molecule has 0 aromatic heterocycles. The molecule has 2 aromatic carbocycles. The minimum atomic E-state index is 0.0409. The van der Waals surface area contributed by atoms with Crippen LogP contribution in [0.1, 0.15) is 34.8 Å². The number of rotatable bonds is 3. The van der Waals surface area contributed by atoms with E-state index >= 15 is 0 Å². The summed E-state index contributed by atoms with van der Waals surface area (Å²) in [6.45, 7) is 7.30. The molecule has 0 saturated carbocycles. The molecule has 1 fully saturated rings. The van der Waals surface area contributed by atoms with E-state index in [0.29, 0.717) is 11.1 Å². The third-order valence-electron chi connectivity index (χ3n) is 4.74. The number of nitriles is 1. The molecule has 0 unspecified atom stereocenters. The predicted octanol–water partition coefficient (Wildman–Crippen LogP) is 3.79. The molecule has 2 aromatic rings. The van der Waals surface area contributed by atoms with Gasteiger partial charge in [-0.2, -0.15) is 5.26 Å². The van der Waals surface area contributed by atoms with Gasteiger partial charge in [-0.1, -0.05) is 17.7 Å². The molecular weight excluding hydrogens is 310 g/mol. The Morgan fingerprint density at radius 3 is 2.36 bits per heavy atom. The lowest BCUT2D eigenvalue weighted by atomic mass is 10.1. The Bertz CT molecular complexity index is 805. The molecule has 0 aliphatic carbocycles. The van der Waals surface area contributed by atoms with E-state index in [9.17, 15) is 10.1 Å². The van der Waals surface area contributed by atoms with Gasteiger partial charge in [0.15, 0.2) is 5.78 Å². The predicted molar refractivity (Wildman–Crippen MR) is 101 cm³/mol. The van der Waals surface area contributed by atoms with E-state index < -0.39 is 0 Å². The smallest absolute Gasteiger partial charge is 0.161 e. The van der Waals surface area contributed by atoms with Crippen LogP contribution < -0.4 is 9.80 Å². The van der Waals surface area contributed by atoms with E-state index in [1.165, 1.54) is 11.3 Å². The molecule has 0 amide bonds. The second-order valence-electron chi connectivity index (χ2n) is 6.56. The topological polar surface area (TPSA) is 47.3 Å². The van der Waals surface area contributed by atoms with Crippen molar-refractivity contribution >= 4 is 17.2 Å². The molecule has 4 nitrogen and oxygen atoms in total. The second-order valence-corrected chi connectivity index (χ2v) is 6.56. The van der Waals surface area contributed by atoms with Crippen molar-refractivity contribution in [2.75, 3.05) is 36.0 Å². The lowest BCUT2D eigenvalue weighted by Crippen LogP contribution is -2.31. The van der Waals surface area contributed by atoms with E-state index in [4.69, 9.17) is 0 Å². The largest absolute Gasteiger partial charge is 0.370 e. The number of nitrogens with zero attached hydrogens (tertiary/aromatic N) is 3. The quantitative estimate of drug-likeness (QED) is 0.802. The summed E-state index contributed by atoms with van der Waals surface area (Å²) in [4.78, 5) is 16.6. The lowest BCUT2D eigenvalue weighted by Gasteiger charge is -2.26. The van der Waals surface area contributed by atoms with Crippen molar-refractivity contribution in [3.63, 3.8) is 0 Å². The van der Waals surface area contributed by atoms with Gasteiger partial charge in [-0.15, -0.1) is 0 Å². The number of anilines is 2. The van der Waals surface area contributed by atoms with E-state index in [1.54, 1.807) is 19.1 Å². The highest BCUT2D eigenvalue weighted by molar-refractivity contribution is 6.00. The van der Waals surface area contributed by atoms with Gasteiger partial charge in [0.25, 0.3) is 0 Å². The first-order chi connectivity index (χ1) is 12.1. The fourth-order valence-electron chi connectivity index (χ4n) is 3.33. The molecule has 0 bridgehead atoms. The maximum atomic E-state index is 12.0. The Balaban J connectivity index is 1.82. The highest BCUT2D eigenvalue weighted by Gasteiger charge is 2.19. The van der Waals surface area contributed by atoms with Gasteiger partial charge in [0, 0.05) is 43.1 Å². The Morgan fingerprint density at radius 1 is 1.00 bits per heavy atom. The Kier molecular flexibility index (Phi) is 5.04. The molecule has 1 heterocycles. The maximum absolute atomic E-state index is 12.0. The number of benzene rings is 2. The van der Waals surface area contributed by atoms with Crippen molar-refractivity contribution < 1.29 is 4.79 Å². The average molecular weight is 333 g/mol. The summed E-state index contributed by atoms with van der Waals surface area (Å²) in [6, 6.07) is 16.1. The average Bonchev–Trinajstić information content (AvgIpc) is 2.88. The van der Waals surface area contributed by atoms with Crippen LogP contribution in [0.4, 0.5) is 11.4 Å². The molecule has 1 saturated heterocycles. The van der Waals surface area contributed by atoms with Crippen LogP contribution in [0, 0.1) is 18.3 Å². The van der Waals surface area contributed by atoms with Gasteiger partial charge in [0.05, 0.1) is 11.6 Å². The summed E-state index contributed by atoms with van der Waals surface area (Å²) in [6.07, 6.45) is 1.02. The zero-order valence-corrected chi connectivity index (χ0v) is 14.8. The van der Waals surface area contributed by atoms with Gasteiger partial charge < -0.3 is 9.80 Å². The summed E-state index contributed by atoms with van der Waals surface area (Å²) in [5, 5.41) is 9.20. The van der Waals surface area contributed by atoms with Crippen molar-refractivity contribution in [2.24, 2.45) is 0 Å². The standard InChI is InChI=1S/C21H23N3O/c1-16-4-7-19(8-5-16)23-10-3-11-24(13-12-23)21-14-18(15-22)6-9-20(21)17(2)25/h4-9,14H,3,10-13H2,1-2H3. The van der Waals surface area contributed by atoms with Crippen molar-refractivity contribution in [3.8, 4) is 6.07 Å². The second kappa shape index (κ2) is 7.40. The molecule has 1 aliphatic heterocycles. The fraction of sp³-hybridized carbons (Fsp3) is 0.333. The third-order valence-corrected chi connectivity index (χ3v) is 4.74. The normalized spacial score (nSPS) is 14.8. The SMILES string of the molecule is CC(=O)c1ccc(C#N)cc1N1CCCN(c2ccc(C)cc2)CC1. The summed E-state index contributed by atoms with van der Waals surface area (Å²) < 4.78 is 0. The zero-order chi connectivity index (χ0) is 17.8. The number of carbonyl (C=O) groups is 1. The van der Waals surface area contributed by atoms with Crippen LogP contribution in [0.5, 0.6) is 0 Å². The van der Waals surface area contributed by atoms with Gasteiger partial charge >= 0.3 is 0 Å². The Morgan fingerprint density at radius 2 is 1.68 bits per heavy atom. The number of hydrogen-bond acceptors (Lipinski definition) is 4. The molecule has 0 radical (unpaired) electrons. The minimum absolute atomic E-state index is 0.0409. The Labute approximate surface area is 149 Å². The van der Waals surface area contributed by atoms with E-state index in [1.807, 2.05) is 6.07 Å². The van der Waals surface area contributed by atoms with Crippen molar-refractivity contribution in [3.05, 3.63) is 59.2 Å². The van der Waals surface area contributed by atoms with E-state index in [-0.39, 0.29) is 5.78 Å². The van der Waals surface area contributed by atoms with Crippen LogP contribution in [0.3, 0.4) is 0 Å². The van der Waals surface area contributed by atoms with Gasteiger partial charge in [-0.25, -0.2) is 0 Å². The summed E-state index contributed by atoms with van der Waals surface area (Å²) in [7, 11) is 0. The van der Waals surface area contributed by atoms with Crippen LogP contribution >= 0.6 is 0 Å². The number of hydrogen-bond donors (Lipinski definition) is 0. The van der Waals surface area contributed by atoms with Crippen LogP contribution in [-0.2, 0) is 0 Å². The highest BCUT2D eigenvalue weighted by Crippen LogP contribution is 2.25. The monoisotopic (exact) mass is 333 g/mol. The third kappa shape index (κ3) is 3.83. The molecule has 4 heteroatoms. The zero-order valence-electron chi connectivity index (χ0n) is 14.8. The van der Waals surface area contributed by atoms with Gasteiger partial charge in [-0.05, 0) is 50.6 Å². The van der Waals surface area contributed by atoms with Gasteiger partial charge in [-0.3, -0.25) is 4.79 Å². The summed E-state index contributed by atoms with van der Waals surface area (Å²) in [5.41, 5.74) is 4.68. The number of Topliss-reactive ketones (excluding diaryl/α,β-unsaturated/α-hetero) is 1. The van der Waals surface area contributed by atoms with Crippen LogP contribution in [0.15, 0.2) is 42.5 Å². The summed E-state index contributed by atoms with van der Waals surface area (Å²) >= 11 is 0.